The van der Waals surface area contributed by atoms with Crippen LogP contribution in [0.1, 0.15) is 18.5 Å². The molecule has 0 aliphatic carbocycles. The molecule has 1 amide bonds. The molecule has 0 heterocycles. The number of benzene rings is 3. The lowest BCUT2D eigenvalue weighted by Gasteiger charge is -2.25. The number of nitrogens with one attached hydrogen (secondary N) is 1. The zero-order valence-electron chi connectivity index (χ0n) is 17.2. The Morgan fingerprint density at radius 1 is 1.00 bits per heavy atom. The Balaban J connectivity index is 1.88. The first-order valence-corrected chi connectivity index (χ1v) is 11.4. The Labute approximate surface area is 187 Å². The van der Waals surface area contributed by atoms with Gasteiger partial charge in [-0.15, -0.1) is 0 Å². The molecule has 0 fully saturated rings. The van der Waals surface area contributed by atoms with Gasteiger partial charge in [-0.2, -0.15) is 0 Å². The molecule has 162 valence electrons. The maximum Gasteiger partial charge on any atom is 0.264 e. The molecule has 0 bridgehead atoms. The van der Waals surface area contributed by atoms with E-state index in [2.05, 4.69) is 5.32 Å². The van der Waals surface area contributed by atoms with Crippen LogP contribution in [0, 0.1) is 0 Å². The fourth-order valence-corrected chi connectivity index (χ4v) is 4.73. The van der Waals surface area contributed by atoms with Crippen molar-refractivity contribution in [3.63, 3.8) is 0 Å². The first-order valence-electron chi connectivity index (χ1n) is 9.58. The van der Waals surface area contributed by atoms with Crippen molar-refractivity contribution in [3.05, 3.63) is 89.4 Å². The fraction of sp³-hybridized carbons (Fsp3) is 0.174. The Morgan fingerprint density at radius 3 is 2.26 bits per heavy atom. The van der Waals surface area contributed by atoms with E-state index in [1.807, 2.05) is 25.1 Å². The highest BCUT2D eigenvalue weighted by atomic mass is 35.5. The van der Waals surface area contributed by atoms with E-state index >= 15 is 0 Å². The first-order chi connectivity index (χ1) is 14.8. The minimum absolute atomic E-state index is 0.0931. The molecule has 0 aliphatic heterocycles. The Bertz CT molecular complexity index is 1140. The van der Waals surface area contributed by atoms with Crippen molar-refractivity contribution in [2.75, 3.05) is 18.0 Å². The van der Waals surface area contributed by atoms with Gasteiger partial charge in [-0.1, -0.05) is 48.0 Å². The van der Waals surface area contributed by atoms with Gasteiger partial charge in [0.15, 0.2) is 0 Å². The fourth-order valence-electron chi connectivity index (χ4n) is 3.16. The molecule has 1 N–H and O–H groups in total. The lowest BCUT2D eigenvalue weighted by atomic mass is 10.1. The van der Waals surface area contributed by atoms with Crippen molar-refractivity contribution in [2.24, 2.45) is 0 Å². The predicted molar refractivity (Wildman–Crippen MR) is 122 cm³/mol. The number of ether oxygens (including phenoxy) is 1. The maximum atomic E-state index is 13.3. The summed E-state index contributed by atoms with van der Waals surface area (Å²) < 4.78 is 33.0. The van der Waals surface area contributed by atoms with Crippen LogP contribution < -0.4 is 14.4 Å². The van der Waals surface area contributed by atoms with Gasteiger partial charge in [0.05, 0.1) is 23.7 Å². The second kappa shape index (κ2) is 9.85. The number of carbonyl (C=O) groups is 1. The molecule has 1 atom stereocenters. The van der Waals surface area contributed by atoms with Crippen LogP contribution in [0.2, 0.25) is 5.02 Å². The molecule has 6 nitrogen and oxygen atoms in total. The molecule has 0 unspecified atom stereocenters. The van der Waals surface area contributed by atoms with E-state index in [0.717, 1.165) is 9.87 Å². The number of nitrogens with zero attached hydrogens (tertiary/aromatic N) is 1. The van der Waals surface area contributed by atoms with Gasteiger partial charge in [0.1, 0.15) is 12.3 Å². The second-order valence-corrected chi connectivity index (χ2v) is 9.13. The monoisotopic (exact) mass is 458 g/mol. The van der Waals surface area contributed by atoms with Crippen molar-refractivity contribution in [2.45, 2.75) is 17.9 Å². The standard InChI is InChI=1S/C23H23ClN2O4S/c1-17(21-10-6-7-11-22(21)30-2)25-23(27)16-26(19-14-12-18(24)13-15-19)31(28,29)20-8-4-3-5-9-20/h3-15,17H,16H2,1-2H3,(H,25,27)/t17-/m0/s1. The number of halogens is 1. The summed E-state index contributed by atoms with van der Waals surface area (Å²) in [5.41, 5.74) is 1.13. The van der Waals surface area contributed by atoms with E-state index in [9.17, 15) is 13.2 Å². The lowest BCUT2D eigenvalue weighted by molar-refractivity contribution is -0.120. The first kappa shape index (κ1) is 22.7. The molecule has 0 aromatic heterocycles. The van der Waals surface area contributed by atoms with E-state index in [1.54, 1.807) is 55.6 Å². The van der Waals surface area contributed by atoms with Crippen molar-refractivity contribution in [3.8, 4) is 5.75 Å². The number of methoxy groups -OCH3 is 1. The molecule has 0 radical (unpaired) electrons. The smallest absolute Gasteiger partial charge is 0.264 e. The number of amides is 1. The summed E-state index contributed by atoms with van der Waals surface area (Å²) in [6.07, 6.45) is 0. The van der Waals surface area contributed by atoms with Gasteiger partial charge in [0, 0.05) is 10.6 Å². The lowest BCUT2D eigenvalue weighted by Crippen LogP contribution is -2.41. The van der Waals surface area contributed by atoms with Crippen LogP contribution in [-0.2, 0) is 14.8 Å². The number of rotatable bonds is 8. The highest BCUT2D eigenvalue weighted by molar-refractivity contribution is 7.92. The maximum absolute atomic E-state index is 13.3. The van der Waals surface area contributed by atoms with E-state index in [0.29, 0.717) is 16.5 Å². The molecule has 3 rings (SSSR count). The average Bonchev–Trinajstić information content (AvgIpc) is 2.78. The molecular weight excluding hydrogens is 436 g/mol. The summed E-state index contributed by atoms with van der Waals surface area (Å²) in [7, 11) is -2.41. The van der Waals surface area contributed by atoms with Crippen molar-refractivity contribution < 1.29 is 17.9 Å². The van der Waals surface area contributed by atoms with E-state index in [1.165, 1.54) is 12.1 Å². The molecule has 0 spiro atoms. The van der Waals surface area contributed by atoms with Crippen LogP contribution in [0.25, 0.3) is 0 Å². The van der Waals surface area contributed by atoms with Gasteiger partial charge in [-0.25, -0.2) is 8.42 Å². The van der Waals surface area contributed by atoms with Gasteiger partial charge in [0.25, 0.3) is 10.0 Å². The van der Waals surface area contributed by atoms with Crippen LogP contribution in [0.15, 0.2) is 83.8 Å². The van der Waals surface area contributed by atoms with Crippen molar-refractivity contribution in [1.82, 2.24) is 5.32 Å². The third kappa shape index (κ3) is 5.37. The van der Waals surface area contributed by atoms with Crippen LogP contribution in [-0.4, -0.2) is 28.0 Å². The third-order valence-corrected chi connectivity index (χ3v) is 6.76. The number of sulfonamides is 1. The molecule has 0 aliphatic rings. The number of carbonyl (C=O) groups excluding carboxylic acids is 1. The Hall–Kier alpha value is -3.03. The highest BCUT2D eigenvalue weighted by Gasteiger charge is 2.27. The van der Waals surface area contributed by atoms with Gasteiger partial charge >= 0.3 is 0 Å². The minimum atomic E-state index is -3.97. The molecule has 31 heavy (non-hydrogen) atoms. The zero-order chi connectivity index (χ0) is 22.4. The molecule has 3 aromatic carbocycles. The van der Waals surface area contributed by atoms with Crippen LogP contribution in [0.4, 0.5) is 5.69 Å². The SMILES string of the molecule is COc1ccccc1[C@H](C)NC(=O)CN(c1ccc(Cl)cc1)S(=O)(=O)c1ccccc1. The molecule has 0 saturated carbocycles. The average molecular weight is 459 g/mol. The second-order valence-electron chi connectivity index (χ2n) is 6.83. The van der Waals surface area contributed by atoms with Crippen LogP contribution in [0.3, 0.4) is 0 Å². The quantitative estimate of drug-likeness (QED) is 0.542. The Morgan fingerprint density at radius 2 is 1.61 bits per heavy atom. The zero-order valence-corrected chi connectivity index (χ0v) is 18.7. The predicted octanol–water partition coefficient (Wildman–Crippen LogP) is 4.42. The van der Waals surface area contributed by atoms with Gasteiger partial charge in [-0.3, -0.25) is 9.10 Å². The largest absolute Gasteiger partial charge is 0.496 e. The highest BCUT2D eigenvalue weighted by Crippen LogP contribution is 2.26. The third-order valence-electron chi connectivity index (χ3n) is 4.72. The number of hydrogen-bond donors (Lipinski definition) is 1. The van der Waals surface area contributed by atoms with E-state index in [4.69, 9.17) is 16.3 Å². The van der Waals surface area contributed by atoms with Gasteiger partial charge < -0.3 is 10.1 Å². The molecule has 0 saturated heterocycles. The molecular formula is C23H23ClN2O4S. The summed E-state index contributed by atoms with van der Waals surface area (Å²) in [4.78, 5) is 13.0. The summed E-state index contributed by atoms with van der Waals surface area (Å²) in [5.74, 6) is 0.189. The summed E-state index contributed by atoms with van der Waals surface area (Å²) in [6.45, 7) is 1.42. The number of anilines is 1. The summed E-state index contributed by atoms with van der Waals surface area (Å²) in [5, 5.41) is 3.32. The van der Waals surface area contributed by atoms with E-state index in [-0.39, 0.29) is 10.9 Å². The van der Waals surface area contributed by atoms with Gasteiger partial charge in [-0.05, 0) is 49.4 Å². The number of hydrogen-bond acceptors (Lipinski definition) is 4. The summed E-state index contributed by atoms with van der Waals surface area (Å²) >= 11 is 5.96. The normalized spacial score (nSPS) is 12.1. The van der Waals surface area contributed by atoms with E-state index < -0.39 is 22.5 Å². The van der Waals surface area contributed by atoms with Crippen molar-refractivity contribution in [1.29, 1.82) is 0 Å². The molecule has 3 aromatic rings. The Kier molecular flexibility index (Phi) is 7.20. The van der Waals surface area contributed by atoms with Crippen LogP contribution in [0.5, 0.6) is 5.75 Å². The van der Waals surface area contributed by atoms with Gasteiger partial charge in [0.2, 0.25) is 5.91 Å². The molecule has 8 heteroatoms. The van der Waals surface area contributed by atoms with Crippen molar-refractivity contribution >= 4 is 33.2 Å². The topological polar surface area (TPSA) is 75.7 Å². The minimum Gasteiger partial charge on any atom is -0.496 e. The van der Waals surface area contributed by atoms with Crippen LogP contribution >= 0.6 is 11.6 Å². The number of para-hydroxylation sites is 1. The summed E-state index contributed by atoms with van der Waals surface area (Å²) in [6, 6.07) is 21.3.